The zero-order valence-electron chi connectivity index (χ0n) is 8.42. The minimum atomic E-state index is -1.47. The van der Waals surface area contributed by atoms with E-state index in [-0.39, 0.29) is 0 Å². The topological polar surface area (TPSA) is 87.7 Å². The maximum absolute atomic E-state index is 11.3. The quantitative estimate of drug-likeness (QED) is 0.669. The molecule has 2 rings (SSSR count). The lowest BCUT2D eigenvalue weighted by molar-refractivity contribution is -0.144. The first-order valence-electron chi connectivity index (χ1n) is 4.72. The van der Waals surface area contributed by atoms with Crippen molar-refractivity contribution in [2.75, 3.05) is 0 Å². The number of hydrogen-bond donors (Lipinski definition) is 3. The van der Waals surface area contributed by atoms with E-state index in [1.165, 1.54) is 12.4 Å². The van der Waals surface area contributed by atoms with Gasteiger partial charge in [-0.05, 0) is 0 Å². The zero-order chi connectivity index (χ0) is 11.6. The van der Waals surface area contributed by atoms with E-state index in [1.807, 2.05) is 6.07 Å². The Morgan fingerprint density at radius 2 is 2.06 bits per heavy atom. The first kappa shape index (κ1) is 10.2. The predicted molar refractivity (Wildman–Crippen MR) is 59.7 cm³/mol. The van der Waals surface area contributed by atoms with E-state index >= 15 is 0 Å². The van der Waals surface area contributed by atoms with Crippen LogP contribution in [0.15, 0.2) is 47.2 Å². The Bertz CT molecular complexity index is 467. The highest BCUT2D eigenvalue weighted by Crippen LogP contribution is 2.24. The number of allylic oxidation sites excluding steroid dienone is 1. The van der Waals surface area contributed by atoms with Crippen LogP contribution in [0.3, 0.4) is 0 Å². The summed E-state index contributed by atoms with van der Waals surface area (Å²) in [6.07, 6.45) is 2.78. The molecule has 0 aromatic heterocycles. The maximum atomic E-state index is 11.3. The molecule has 82 valence electrons. The molecule has 1 aromatic rings. The summed E-state index contributed by atoms with van der Waals surface area (Å²) >= 11 is 0. The minimum absolute atomic E-state index is 0.396. The predicted octanol–water partition coefficient (Wildman–Crippen LogP) is 0.398. The van der Waals surface area contributed by atoms with Crippen LogP contribution >= 0.6 is 0 Å². The van der Waals surface area contributed by atoms with Crippen LogP contribution in [0.1, 0.15) is 5.56 Å². The second kappa shape index (κ2) is 3.69. The molecule has 1 aliphatic heterocycles. The maximum Gasteiger partial charge on any atom is 0.357 e. The van der Waals surface area contributed by atoms with Crippen molar-refractivity contribution in [3.63, 3.8) is 0 Å². The molecule has 0 amide bonds. The molecule has 0 spiro atoms. The highest BCUT2D eigenvalue weighted by molar-refractivity contribution is 5.87. The number of rotatable bonds is 2. The van der Waals surface area contributed by atoms with E-state index in [2.05, 4.69) is 10.3 Å². The summed E-state index contributed by atoms with van der Waals surface area (Å²) in [5.41, 5.74) is 4.98. The summed E-state index contributed by atoms with van der Waals surface area (Å²) in [6.45, 7) is 0. The van der Waals surface area contributed by atoms with Crippen molar-refractivity contribution in [3.05, 3.63) is 47.8 Å². The van der Waals surface area contributed by atoms with Crippen molar-refractivity contribution in [2.45, 2.75) is 5.66 Å². The number of nitrogens with two attached hydrogens (primary N) is 1. The highest BCUT2D eigenvalue weighted by Gasteiger charge is 2.40. The molecule has 1 heterocycles. The van der Waals surface area contributed by atoms with Gasteiger partial charge in [-0.15, -0.1) is 0 Å². The number of nitrogens with one attached hydrogen (secondary N) is 1. The van der Waals surface area contributed by atoms with Crippen LogP contribution in [0.25, 0.3) is 0 Å². The van der Waals surface area contributed by atoms with Gasteiger partial charge in [0.1, 0.15) is 0 Å². The van der Waals surface area contributed by atoms with Crippen molar-refractivity contribution in [2.24, 2.45) is 10.7 Å². The van der Waals surface area contributed by atoms with Gasteiger partial charge in [0.15, 0.2) is 0 Å². The zero-order valence-corrected chi connectivity index (χ0v) is 8.42. The van der Waals surface area contributed by atoms with Gasteiger partial charge in [-0.2, -0.15) is 0 Å². The largest absolute Gasteiger partial charge is 0.478 e. The molecule has 0 bridgehead atoms. The van der Waals surface area contributed by atoms with Gasteiger partial charge >= 0.3 is 5.97 Å². The number of aliphatic imine (C=N–C) groups is 1. The second-order valence-corrected chi connectivity index (χ2v) is 3.43. The fourth-order valence-corrected chi connectivity index (χ4v) is 1.51. The Hall–Kier alpha value is -2.30. The Balaban J connectivity index is 2.47. The third-order valence-corrected chi connectivity index (χ3v) is 2.36. The van der Waals surface area contributed by atoms with Gasteiger partial charge in [0, 0.05) is 18.0 Å². The third kappa shape index (κ3) is 1.52. The third-order valence-electron chi connectivity index (χ3n) is 2.36. The number of hydrogen-bond acceptors (Lipinski definition) is 4. The molecule has 1 aromatic carbocycles. The molecule has 1 aliphatic rings. The molecule has 16 heavy (non-hydrogen) atoms. The molecule has 0 fully saturated rings. The van der Waals surface area contributed by atoms with Gasteiger partial charge in [-0.1, -0.05) is 30.3 Å². The first-order chi connectivity index (χ1) is 7.65. The second-order valence-electron chi connectivity index (χ2n) is 3.43. The van der Waals surface area contributed by atoms with Crippen LogP contribution in [0.4, 0.5) is 0 Å². The molecule has 0 saturated carbocycles. The van der Waals surface area contributed by atoms with Crippen molar-refractivity contribution >= 4 is 12.2 Å². The number of carbonyl (C=O) groups is 1. The Morgan fingerprint density at radius 1 is 1.38 bits per heavy atom. The minimum Gasteiger partial charge on any atom is -0.478 e. The monoisotopic (exact) mass is 217 g/mol. The number of nitrogens with zero attached hydrogens (tertiary/aromatic N) is 1. The number of benzene rings is 1. The SMILES string of the molecule is NC1=CNC(C(=O)O)(c2ccccc2)N=C1. The van der Waals surface area contributed by atoms with Crippen molar-refractivity contribution in [3.8, 4) is 0 Å². The number of carboxylic acids is 1. The molecule has 0 saturated heterocycles. The van der Waals surface area contributed by atoms with Crippen LogP contribution in [0.5, 0.6) is 0 Å². The van der Waals surface area contributed by atoms with Gasteiger partial charge < -0.3 is 16.2 Å². The lowest BCUT2D eigenvalue weighted by Gasteiger charge is -2.28. The van der Waals surface area contributed by atoms with Crippen LogP contribution in [0.2, 0.25) is 0 Å². The Morgan fingerprint density at radius 3 is 2.56 bits per heavy atom. The number of carboxylic acid groups (broad SMARTS) is 1. The van der Waals surface area contributed by atoms with Crippen molar-refractivity contribution in [1.82, 2.24) is 5.32 Å². The normalized spacial score (nSPS) is 23.4. The molecule has 1 atom stereocenters. The summed E-state index contributed by atoms with van der Waals surface area (Å²) in [4.78, 5) is 15.3. The summed E-state index contributed by atoms with van der Waals surface area (Å²) < 4.78 is 0. The highest BCUT2D eigenvalue weighted by atomic mass is 16.4. The van der Waals surface area contributed by atoms with E-state index in [9.17, 15) is 9.90 Å². The van der Waals surface area contributed by atoms with Crippen LogP contribution < -0.4 is 11.1 Å². The average Bonchev–Trinajstić information content (AvgIpc) is 2.31. The van der Waals surface area contributed by atoms with Crippen LogP contribution in [-0.2, 0) is 10.5 Å². The fraction of sp³-hybridized carbons (Fsp3) is 0.0909. The lowest BCUT2D eigenvalue weighted by Crippen LogP contribution is -2.47. The molecular weight excluding hydrogens is 206 g/mol. The molecule has 0 aliphatic carbocycles. The molecule has 5 nitrogen and oxygen atoms in total. The summed E-state index contributed by atoms with van der Waals surface area (Å²) in [5, 5.41) is 12.0. The first-order valence-corrected chi connectivity index (χ1v) is 4.72. The van der Waals surface area contributed by atoms with E-state index in [0.717, 1.165) is 0 Å². The van der Waals surface area contributed by atoms with Gasteiger partial charge in [0.2, 0.25) is 0 Å². The molecular formula is C11H11N3O2. The summed E-state index contributed by atoms with van der Waals surface area (Å²) in [5.74, 6) is -1.07. The van der Waals surface area contributed by atoms with Gasteiger partial charge in [-0.3, -0.25) is 0 Å². The smallest absolute Gasteiger partial charge is 0.357 e. The molecule has 0 radical (unpaired) electrons. The number of aliphatic carboxylic acids is 1. The fourth-order valence-electron chi connectivity index (χ4n) is 1.51. The van der Waals surface area contributed by atoms with E-state index < -0.39 is 11.6 Å². The van der Waals surface area contributed by atoms with Crippen molar-refractivity contribution < 1.29 is 9.90 Å². The average molecular weight is 217 g/mol. The summed E-state index contributed by atoms with van der Waals surface area (Å²) in [7, 11) is 0. The molecule has 1 unspecified atom stereocenters. The Labute approximate surface area is 92.3 Å². The van der Waals surface area contributed by atoms with Crippen LogP contribution in [-0.4, -0.2) is 17.3 Å². The lowest BCUT2D eigenvalue weighted by atomic mass is 9.99. The summed E-state index contributed by atoms with van der Waals surface area (Å²) in [6, 6.07) is 8.75. The van der Waals surface area contributed by atoms with Gasteiger partial charge in [-0.25, -0.2) is 9.79 Å². The van der Waals surface area contributed by atoms with E-state index in [1.54, 1.807) is 24.3 Å². The molecule has 5 heteroatoms. The van der Waals surface area contributed by atoms with Gasteiger partial charge in [0.05, 0.1) is 5.70 Å². The van der Waals surface area contributed by atoms with Crippen molar-refractivity contribution in [1.29, 1.82) is 0 Å². The van der Waals surface area contributed by atoms with E-state index in [4.69, 9.17) is 5.73 Å². The standard InChI is InChI=1S/C11H11N3O2/c12-9-6-13-11(10(15)16,14-7-9)8-4-2-1-3-5-8/h1-7,13H,12H2,(H,15,16). The van der Waals surface area contributed by atoms with Gasteiger partial charge in [0.25, 0.3) is 5.66 Å². The molecule has 4 N–H and O–H groups in total. The van der Waals surface area contributed by atoms with Crippen LogP contribution in [0, 0.1) is 0 Å². The van der Waals surface area contributed by atoms with E-state index in [0.29, 0.717) is 11.3 Å². The Kier molecular flexibility index (Phi) is 2.36.